The molecule has 0 N–H and O–H groups in total. The number of anilines is 1. The Labute approximate surface area is 178 Å². The number of aromatic nitrogens is 1. The average Bonchev–Trinajstić information content (AvgIpc) is 2.75. The van der Waals surface area contributed by atoms with Crippen LogP contribution in [0, 0.1) is 13.8 Å². The highest BCUT2D eigenvalue weighted by molar-refractivity contribution is 7.91. The Hall–Kier alpha value is -2.64. The Balaban J connectivity index is 1.96. The lowest BCUT2D eigenvalue weighted by Crippen LogP contribution is -2.45. The summed E-state index contributed by atoms with van der Waals surface area (Å²) in [5.41, 5.74) is 3.48. The van der Waals surface area contributed by atoms with Gasteiger partial charge in [0, 0.05) is 37.8 Å². The summed E-state index contributed by atoms with van der Waals surface area (Å²) in [6.07, 6.45) is 1.51. The second-order valence-electron chi connectivity index (χ2n) is 7.89. The van der Waals surface area contributed by atoms with Gasteiger partial charge < -0.3 is 14.5 Å². The van der Waals surface area contributed by atoms with Crippen LogP contribution in [-0.4, -0.2) is 58.6 Å². The fraction of sp³-hybridized carbons (Fsp3) is 0.348. The Bertz CT molecular complexity index is 1200. The molecule has 0 radical (unpaired) electrons. The second kappa shape index (κ2) is 7.89. The topological polar surface area (TPSA) is 62.7 Å². The largest absolute Gasteiger partial charge is 0.497 e. The van der Waals surface area contributed by atoms with E-state index >= 15 is 0 Å². The van der Waals surface area contributed by atoms with Gasteiger partial charge in [0.05, 0.1) is 23.2 Å². The van der Waals surface area contributed by atoms with E-state index in [-0.39, 0.29) is 4.90 Å². The molecule has 3 aromatic rings. The molecule has 0 saturated carbocycles. The number of hydrogen-bond acceptors (Lipinski definition) is 6. The van der Waals surface area contributed by atoms with E-state index in [0.717, 1.165) is 48.2 Å². The van der Waals surface area contributed by atoms with Crippen LogP contribution < -0.4 is 9.64 Å². The zero-order valence-electron chi connectivity index (χ0n) is 17.8. The number of piperazine rings is 1. The van der Waals surface area contributed by atoms with E-state index in [0.29, 0.717) is 16.3 Å². The monoisotopic (exact) mass is 425 g/mol. The lowest BCUT2D eigenvalue weighted by molar-refractivity contribution is 0.312. The summed E-state index contributed by atoms with van der Waals surface area (Å²) in [7, 11) is -0.0494. The molecule has 6 nitrogen and oxygen atoms in total. The molecule has 0 spiro atoms. The van der Waals surface area contributed by atoms with Crippen LogP contribution in [0.1, 0.15) is 11.1 Å². The summed E-state index contributed by atoms with van der Waals surface area (Å²) >= 11 is 0. The van der Waals surface area contributed by atoms with Crippen molar-refractivity contribution in [3.8, 4) is 5.75 Å². The van der Waals surface area contributed by atoms with Gasteiger partial charge in [0.2, 0.25) is 9.84 Å². The van der Waals surface area contributed by atoms with Crippen LogP contribution in [0.25, 0.3) is 10.9 Å². The first-order valence-corrected chi connectivity index (χ1v) is 11.5. The maximum Gasteiger partial charge on any atom is 0.210 e. The van der Waals surface area contributed by atoms with Gasteiger partial charge in [0.15, 0.2) is 0 Å². The van der Waals surface area contributed by atoms with E-state index in [1.54, 1.807) is 19.2 Å². The molecule has 30 heavy (non-hydrogen) atoms. The fourth-order valence-corrected chi connectivity index (χ4v) is 5.35. The number of likely N-dealkylation sites (N-methyl/N-ethyl adjacent to an activating group) is 1. The minimum absolute atomic E-state index is 0.246. The molecule has 4 rings (SSSR count). The Morgan fingerprint density at radius 3 is 2.37 bits per heavy atom. The molecule has 1 aliphatic rings. The molecule has 2 heterocycles. The van der Waals surface area contributed by atoms with Crippen molar-refractivity contribution in [3.05, 3.63) is 53.7 Å². The van der Waals surface area contributed by atoms with E-state index in [1.807, 2.05) is 38.1 Å². The van der Waals surface area contributed by atoms with Crippen molar-refractivity contribution in [1.82, 2.24) is 9.88 Å². The predicted octanol–water partition coefficient (Wildman–Crippen LogP) is 3.44. The zero-order chi connectivity index (χ0) is 21.5. The molecule has 1 saturated heterocycles. The van der Waals surface area contributed by atoms with Crippen molar-refractivity contribution in [2.24, 2.45) is 0 Å². The summed E-state index contributed by atoms with van der Waals surface area (Å²) in [5, 5.41) is 0.795. The normalized spacial score (nSPS) is 15.5. The van der Waals surface area contributed by atoms with Gasteiger partial charge in [0.25, 0.3) is 0 Å². The van der Waals surface area contributed by atoms with Gasteiger partial charge in [-0.15, -0.1) is 0 Å². The third-order valence-corrected chi connectivity index (χ3v) is 7.66. The van der Waals surface area contributed by atoms with Crippen LogP contribution in [-0.2, 0) is 9.84 Å². The molecule has 0 atom stereocenters. The van der Waals surface area contributed by atoms with Gasteiger partial charge in [0.1, 0.15) is 10.6 Å². The summed E-state index contributed by atoms with van der Waals surface area (Å²) in [5.74, 6) is 0.681. The Morgan fingerprint density at radius 2 is 1.70 bits per heavy atom. The molecule has 0 amide bonds. The predicted molar refractivity (Wildman–Crippen MR) is 119 cm³/mol. The first-order valence-electron chi connectivity index (χ1n) is 10.0. The van der Waals surface area contributed by atoms with Crippen LogP contribution in [0.3, 0.4) is 0 Å². The second-order valence-corrected chi connectivity index (χ2v) is 9.81. The van der Waals surface area contributed by atoms with Crippen LogP contribution in [0.4, 0.5) is 5.69 Å². The van der Waals surface area contributed by atoms with Crippen molar-refractivity contribution < 1.29 is 13.2 Å². The number of methoxy groups -OCH3 is 1. The molecule has 7 heteroatoms. The number of fused-ring (bicyclic) bond motifs is 1. The molecular formula is C23H27N3O3S. The van der Waals surface area contributed by atoms with Crippen molar-refractivity contribution >= 4 is 26.4 Å². The maximum atomic E-state index is 13.7. The lowest BCUT2D eigenvalue weighted by Gasteiger charge is -2.35. The first kappa shape index (κ1) is 20.6. The molecule has 0 unspecified atom stereocenters. The highest BCUT2D eigenvalue weighted by Crippen LogP contribution is 2.38. The fourth-order valence-electron chi connectivity index (χ4n) is 3.83. The molecule has 0 aliphatic carbocycles. The third-order valence-electron chi connectivity index (χ3n) is 5.91. The number of sulfone groups is 1. The Kier molecular flexibility index (Phi) is 5.42. The number of hydrogen-bond donors (Lipinski definition) is 0. The summed E-state index contributed by atoms with van der Waals surface area (Å²) in [4.78, 5) is 9.44. The first-order chi connectivity index (χ1) is 14.3. The highest BCUT2D eigenvalue weighted by Gasteiger charge is 2.28. The molecule has 2 aromatic carbocycles. The van der Waals surface area contributed by atoms with E-state index in [2.05, 4.69) is 21.8 Å². The molecule has 158 valence electrons. The van der Waals surface area contributed by atoms with Gasteiger partial charge in [-0.05, 0) is 62.4 Å². The minimum atomic E-state index is -3.74. The van der Waals surface area contributed by atoms with Crippen molar-refractivity contribution in [2.75, 3.05) is 45.2 Å². The zero-order valence-corrected chi connectivity index (χ0v) is 18.7. The number of pyridine rings is 1. The van der Waals surface area contributed by atoms with E-state index < -0.39 is 9.84 Å². The van der Waals surface area contributed by atoms with Crippen molar-refractivity contribution in [1.29, 1.82) is 0 Å². The van der Waals surface area contributed by atoms with Crippen molar-refractivity contribution in [3.63, 3.8) is 0 Å². The van der Waals surface area contributed by atoms with E-state index in [4.69, 9.17) is 4.74 Å². The van der Waals surface area contributed by atoms with E-state index in [9.17, 15) is 8.42 Å². The summed E-state index contributed by atoms with van der Waals surface area (Å²) in [6.45, 7) is 7.16. The van der Waals surface area contributed by atoms with Crippen LogP contribution in [0.5, 0.6) is 5.75 Å². The van der Waals surface area contributed by atoms with Gasteiger partial charge in [-0.1, -0.05) is 6.07 Å². The van der Waals surface area contributed by atoms with Gasteiger partial charge in [-0.25, -0.2) is 8.42 Å². The number of aryl methyl sites for hydroxylation is 2. The number of rotatable bonds is 4. The van der Waals surface area contributed by atoms with Crippen LogP contribution in [0.2, 0.25) is 0 Å². The number of benzene rings is 2. The highest BCUT2D eigenvalue weighted by atomic mass is 32.2. The SMILES string of the molecule is COc1ccc2ncc(S(=O)(=O)c3ccc(C)c(C)c3)c(N3CCN(C)CC3)c2c1. The summed E-state index contributed by atoms with van der Waals surface area (Å²) < 4.78 is 32.8. The lowest BCUT2D eigenvalue weighted by atomic mass is 10.1. The maximum absolute atomic E-state index is 13.7. The number of ether oxygens (including phenoxy) is 1. The average molecular weight is 426 g/mol. The van der Waals surface area contributed by atoms with Gasteiger partial charge in [-0.2, -0.15) is 0 Å². The quantitative estimate of drug-likeness (QED) is 0.638. The van der Waals surface area contributed by atoms with Crippen LogP contribution in [0.15, 0.2) is 52.4 Å². The standard InChI is InChI=1S/C23H27N3O3S/c1-16-5-7-19(13-17(16)2)30(27,28)22-15-24-21-8-6-18(29-4)14-20(21)23(22)26-11-9-25(3)10-12-26/h5-8,13-15H,9-12H2,1-4H3. The molecule has 0 bridgehead atoms. The smallest absolute Gasteiger partial charge is 0.210 e. The van der Waals surface area contributed by atoms with Crippen LogP contribution >= 0.6 is 0 Å². The van der Waals surface area contributed by atoms with Gasteiger partial charge in [-0.3, -0.25) is 4.98 Å². The van der Waals surface area contributed by atoms with Gasteiger partial charge >= 0.3 is 0 Å². The summed E-state index contributed by atoms with van der Waals surface area (Å²) in [6, 6.07) is 10.9. The molecule has 1 fully saturated rings. The minimum Gasteiger partial charge on any atom is -0.497 e. The van der Waals surface area contributed by atoms with Crippen molar-refractivity contribution in [2.45, 2.75) is 23.6 Å². The Morgan fingerprint density at radius 1 is 0.967 bits per heavy atom. The van der Waals surface area contributed by atoms with E-state index in [1.165, 1.54) is 6.20 Å². The number of nitrogens with zero attached hydrogens (tertiary/aromatic N) is 3. The molecule has 1 aliphatic heterocycles. The molecule has 1 aromatic heterocycles. The third kappa shape index (κ3) is 3.63. The molecular weight excluding hydrogens is 398 g/mol.